The number of nitrogens with one attached hydrogen (secondary N) is 2. The Morgan fingerprint density at radius 3 is 1.90 bits per heavy atom. The van der Waals surface area contributed by atoms with Gasteiger partial charge in [-0.15, -0.1) is 0 Å². The molecule has 7 heteroatoms. The zero-order valence-corrected chi connectivity index (χ0v) is 23.0. The highest BCUT2D eigenvalue weighted by molar-refractivity contribution is 6.30. The maximum atomic E-state index is 13.9. The predicted octanol–water partition coefficient (Wildman–Crippen LogP) is 5.63. The van der Waals surface area contributed by atoms with E-state index in [2.05, 4.69) is 15.6 Å². The SMILES string of the molecule is C[C@@H](c1ccc(-c2ccccc2)cc1)[C@H](NC(=O)C(C)(C)N)C(=O)NC(c1ccncc1)c1ccc(Cl)cc1. The monoisotopic (exact) mass is 540 g/mol. The maximum absolute atomic E-state index is 13.9. The van der Waals surface area contributed by atoms with Crippen LogP contribution in [0.1, 0.15) is 49.4 Å². The van der Waals surface area contributed by atoms with E-state index in [-0.39, 0.29) is 11.8 Å². The number of amides is 2. The molecule has 1 aromatic heterocycles. The summed E-state index contributed by atoms with van der Waals surface area (Å²) in [5.74, 6) is -1.09. The van der Waals surface area contributed by atoms with Crippen molar-refractivity contribution in [2.24, 2.45) is 5.73 Å². The summed E-state index contributed by atoms with van der Waals surface area (Å²) in [6, 6.07) is 27.8. The van der Waals surface area contributed by atoms with Gasteiger partial charge >= 0.3 is 0 Å². The third kappa shape index (κ3) is 7.11. The Bertz CT molecular complexity index is 1390. The van der Waals surface area contributed by atoms with Crippen molar-refractivity contribution < 1.29 is 9.59 Å². The van der Waals surface area contributed by atoms with E-state index in [1.165, 1.54) is 0 Å². The van der Waals surface area contributed by atoms with Crippen LogP contribution in [0, 0.1) is 0 Å². The van der Waals surface area contributed by atoms with Crippen molar-refractivity contribution in [2.75, 3.05) is 0 Å². The smallest absolute Gasteiger partial charge is 0.243 e. The fourth-order valence-corrected chi connectivity index (χ4v) is 4.48. The molecule has 0 aliphatic heterocycles. The van der Waals surface area contributed by atoms with Crippen molar-refractivity contribution in [1.29, 1.82) is 0 Å². The second kappa shape index (κ2) is 12.2. The zero-order chi connectivity index (χ0) is 28.0. The second-order valence-corrected chi connectivity index (χ2v) is 10.7. The van der Waals surface area contributed by atoms with Crippen molar-refractivity contribution >= 4 is 23.4 Å². The molecule has 0 spiro atoms. The number of hydrogen-bond donors (Lipinski definition) is 3. The molecule has 0 radical (unpaired) electrons. The number of aromatic nitrogens is 1. The fraction of sp³-hybridized carbons (Fsp3) is 0.219. The molecule has 4 N–H and O–H groups in total. The highest BCUT2D eigenvalue weighted by atomic mass is 35.5. The van der Waals surface area contributed by atoms with Crippen molar-refractivity contribution in [2.45, 2.75) is 44.3 Å². The molecule has 3 atom stereocenters. The lowest BCUT2D eigenvalue weighted by Gasteiger charge is -2.30. The molecule has 200 valence electrons. The van der Waals surface area contributed by atoms with Crippen LogP contribution >= 0.6 is 11.6 Å². The van der Waals surface area contributed by atoms with Crippen LogP contribution in [0.25, 0.3) is 11.1 Å². The second-order valence-electron chi connectivity index (χ2n) is 10.2. The van der Waals surface area contributed by atoms with Gasteiger partial charge in [0.15, 0.2) is 0 Å². The molecule has 0 saturated heterocycles. The van der Waals surface area contributed by atoms with Crippen LogP contribution < -0.4 is 16.4 Å². The van der Waals surface area contributed by atoms with E-state index in [0.29, 0.717) is 5.02 Å². The summed E-state index contributed by atoms with van der Waals surface area (Å²) in [7, 11) is 0. The standard InChI is InChI=1S/C32H33ClN4O2/c1-21(22-9-11-24(12-10-22)23-7-5-4-6-8-23)28(37-31(39)32(2,3)34)30(38)36-29(26-17-19-35-20-18-26)25-13-15-27(33)16-14-25/h4-21,28-29H,34H2,1-3H3,(H,36,38)(H,37,39)/t21-,28-,29?/m0/s1. The highest BCUT2D eigenvalue weighted by Crippen LogP contribution is 2.27. The van der Waals surface area contributed by atoms with Gasteiger partial charge in [0.05, 0.1) is 11.6 Å². The lowest BCUT2D eigenvalue weighted by molar-refractivity contribution is -0.132. The lowest BCUT2D eigenvalue weighted by Crippen LogP contribution is -2.57. The van der Waals surface area contributed by atoms with E-state index in [0.717, 1.165) is 27.8 Å². The first-order valence-corrected chi connectivity index (χ1v) is 13.2. The van der Waals surface area contributed by atoms with E-state index >= 15 is 0 Å². The van der Waals surface area contributed by atoms with Gasteiger partial charge < -0.3 is 16.4 Å². The minimum atomic E-state index is -1.16. The molecule has 0 fully saturated rings. The van der Waals surface area contributed by atoms with E-state index in [1.54, 1.807) is 38.4 Å². The lowest BCUT2D eigenvalue weighted by atomic mass is 9.89. The van der Waals surface area contributed by atoms with Gasteiger partial charge in [-0.1, -0.05) is 85.3 Å². The van der Waals surface area contributed by atoms with Gasteiger partial charge in [0, 0.05) is 23.3 Å². The summed E-state index contributed by atoms with van der Waals surface area (Å²) in [4.78, 5) is 31.0. The molecule has 4 aromatic rings. The number of pyridine rings is 1. The van der Waals surface area contributed by atoms with Gasteiger partial charge in [-0.05, 0) is 65.9 Å². The van der Waals surface area contributed by atoms with Crippen LogP contribution in [-0.2, 0) is 9.59 Å². The summed E-state index contributed by atoms with van der Waals surface area (Å²) >= 11 is 6.12. The van der Waals surface area contributed by atoms with E-state index in [4.69, 9.17) is 17.3 Å². The van der Waals surface area contributed by atoms with Crippen LogP contribution in [0.15, 0.2) is 103 Å². The van der Waals surface area contributed by atoms with E-state index in [1.807, 2.05) is 85.8 Å². The molecule has 1 heterocycles. The molecule has 4 rings (SSSR count). The van der Waals surface area contributed by atoms with Gasteiger partial charge in [-0.2, -0.15) is 0 Å². The minimum Gasteiger partial charge on any atom is -0.343 e. The number of carbonyl (C=O) groups is 2. The van der Waals surface area contributed by atoms with E-state index < -0.39 is 23.5 Å². The number of benzene rings is 3. The van der Waals surface area contributed by atoms with Crippen LogP contribution in [0.4, 0.5) is 0 Å². The number of nitrogens with zero attached hydrogens (tertiary/aromatic N) is 1. The van der Waals surface area contributed by atoms with Gasteiger partial charge in [0.25, 0.3) is 0 Å². The number of hydrogen-bond acceptors (Lipinski definition) is 4. The van der Waals surface area contributed by atoms with E-state index in [9.17, 15) is 9.59 Å². The zero-order valence-electron chi connectivity index (χ0n) is 22.3. The summed E-state index contributed by atoms with van der Waals surface area (Å²) < 4.78 is 0. The number of halogens is 1. The Kier molecular flexibility index (Phi) is 8.79. The molecular weight excluding hydrogens is 508 g/mol. The van der Waals surface area contributed by atoms with Crippen molar-refractivity contribution in [3.63, 3.8) is 0 Å². The predicted molar refractivity (Wildman–Crippen MR) is 156 cm³/mol. The third-order valence-corrected chi connectivity index (χ3v) is 6.98. The summed E-state index contributed by atoms with van der Waals surface area (Å²) in [6.45, 7) is 5.16. The van der Waals surface area contributed by atoms with Crippen molar-refractivity contribution in [3.8, 4) is 11.1 Å². The Morgan fingerprint density at radius 2 is 1.31 bits per heavy atom. The first-order valence-electron chi connectivity index (χ1n) is 12.8. The molecule has 39 heavy (non-hydrogen) atoms. The molecule has 1 unspecified atom stereocenters. The highest BCUT2D eigenvalue weighted by Gasteiger charge is 2.33. The quantitative estimate of drug-likeness (QED) is 0.256. The van der Waals surface area contributed by atoms with Crippen molar-refractivity contribution in [3.05, 3.63) is 125 Å². The number of nitrogens with two attached hydrogens (primary N) is 1. The molecule has 0 bridgehead atoms. The van der Waals surface area contributed by atoms with Crippen LogP contribution in [0.3, 0.4) is 0 Å². The topological polar surface area (TPSA) is 97.1 Å². The van der Waals surface area contributed by atoms with Crippen LogP contribution in [0.5, 0.6) is 0 Å². The summed E-state index contributed by atoms with van der Waals surface area (Å²) in [5, 5.41) is 6.66. The minimum absolute atomic E-state index is 0.330. The van der Waals surface area contributed by atoms with Gasteiger partial charge in [0.1, 0.15) is 6.04 Å². The molecule has 0 aliphatic rings. The average molecular weight is 541 g/mol. The molecule has 3 aromatic carbocycles. The maximum Gasteiger partial charge on any atom is 0.243 e. The third-order valence-electron chi connectivity index (χ3n) is 6.73. The van der Waals surface area contributed by atoms with Gasteiger partial charge in [0.2, 0.25) is 11.8 Å². The van der Waals surface area contributed by atoms with Crippen LogP contribution in [-0.4, -0.2) is 28.4 Å². The summed E-state index contributed by atoms with van der Waals surface area (Å²) in [6.07, 6.45) is 3.36. The van der Waals surface area contributed by atoms with Gasteiger partial charge in [-0.25, -0.2) is 0 Å². The summed E-state index contributed by atoms with van der Waals surface area (Å²) in [5.41, 5.74) is 9.72. The molecule has 6 nitrogen and oxygen atoms in total. The first-order chi connectivity index (χ1) is 18.6. The number of carbonyl (C=O) groups excluding carboxylic acids is 2. The Morgan fingerprint density at radius 1 is 0.769 bits per heavy atom. The van der Waals surface area contributed by atoms with Crippen molar-refractivity contribution in [1.82, 2.24) is 15.6 Å². The Hall–Kier alpha value is -4.00. The van der Waals surface area contributed by atoms with Gasteiger partial charge in [-0.3, -0.25) is 14.6 Å². The normalized spacial score (nSPS) is 13.7. The molecule has 0 saturated carbocycles. The van der Waals surface area contributed by atoms with Crippen LogP contribution in [0.2, 0.25) is 5.02 Å². The Labute approximate surface area is 234 Å². The molecule has 2 amide bonds. The fourth-order valence-electron chi connectivity index (χ4n) is 4.35. The average Bonchev–Trinajstić information content (AvgIpc) is 2.95. The number of rotatable bonds is 9. The molecular formula is C32H33ClN4O2. The Balaban J connectivity index is 1.65. The largest absolute Gasteiger partial charge is 0.343 e. The molecule has 0 aliphatic carbocycles. The first kappa shape index (κ1) is 28.0.